The molecule has 0 radical (unpaired) electrons. The van der Waals surface area contributed by atoms with E-state index in [-0.39, 0.29) is 11.6 Å². The fourth-order valence-corrected chi connectivity index (χ4v) is 2.76. The molecule has 0 unspecified atom stereocenters. The molecular weight excluding hydrogens is 339 g/mol. The molecule has 0 spiro atoms. The van der Waals surface area contributed by atoms with Gasteiger partial charge in [-0.2, -0.15) is 4.98 Å². The molecular formula is C15H12F3N5O2. The molecule has 1 aliphatic carbocycles. The van der Waals surface area contributed by atoms with Crippen molar-refractivity contribution in [2.24, 2.45) is 7.05 Å². The Bertz CT molecular complexity index is 914. The lowest BCUT2D eigenvalue weighted by Crippen LogP contribution is -2.18. The number of hydrogen-bond acceptors (Lipinski definition) is 6. The highest BCUT2D eigenvalue weighted by atomic mass is 19.4. The van der Waals surface area contributed by atoms with Crippen LogP contribution < -0.4 is 4.74 Å². The van der Waals surface area contributed by atoms with Gasteiger partial charge in [0.05, 0.1) is 11.6 Å². The molecule has 0 aliphatic heterocycles. The van der Waals surface area contributed by atoms with Crippen molar-refractivity contribution in [1.82, 2.24) is 25.1 Å². The Labute approximate surface area is 139 Å². The first-order chi connectivity index (χ1) is 11.9. The maximum atomic E-state index is 12.4. The van der Waals surface area contributed by atoms with Gasteiger partial charge in [0.25, 0.3) is 5.89 Å². The summed E-state index contributed by atoms with van der Waals surface area (Å²) in [6.45, 7) is 0. The molecule has 0 N–H and O–H groups in total. The molecule has 0 atom stereocenters. The number of benzene rings is 1. The first-order valence-corrected chi connectivity index (χ1v) is 7.43. The third-order valence-corrected chi connectivity index (χ3v) is 4.16. The summed E-state index contributed by atoms with van der Waals surface area (Å²) in [5.41, 5.74) is 0.659. The lowest BCUT2D eigenvalue weighted by atomic mass is 9.95. The van der Waals surface area contributed by atoms with Crippen LogP contribution in [0.3, 0.4) is 0 Å². The van der Waals surface area contributed by atoms with E-state index < -0.39 is 11.8 Å². The van der Waals surface area contributed by atoms with E-state index in [9.17, 15) is 13.2 Å². The van der Waals surface area contributed by atoms with Crippen molar-refractivity contribution in [3.63, 3.8) is 0 Å². The van der Waals surface area contributed by atoms with Crippen LogP contribution in [0.2, 0.25) is 0 Å². The summed E-state index contributed by atoms with van der Waals surface area (Å²) in [5, 5.41) is 11.6. The average molecular weight is 351 g/mol. The summed E-state index contributed by atoms with van der Waals surface area (Å²) in [4.78, 5) is 4.39. The second kappa shape index (κ2) is 5.30. The number of aromatic nitrogens is 5. The Morgan fingerprint density at radius 2 is 2.08 bits per heavy atom. The van der Waals surface area contributed by atoms with Gasteiger partial charge in [-0.3, -0.25) is 0 Å². The smallest absolute Gasteiger partial charge is 0.406 e. The molecule has 1 aliphatic rings. The minimum atomic E-state index is -4.73. The zero-order valence-corrected chi connectivity index (χ0v) is 13.0. The molecule has 1 fully saturated rings. The monoisotopic (exact) mass is 351 g/mol. The second-order valence-electron chi connectivity index (χ2n) is 5.82. The van der Waals surface area contributed by atoms with E-state index in [4.69, 9.17) is 4.52 Å². The molecule has 2 heterocycles. The number of halogens is 3. The van der Waals surface area contributed by atoms with Crippen molar-refractivity contribution in [2.45, 2.75) is 24.6 Å². The van der Waals surface area contributed by atoms with E-state index in [0.717, 1.165) is 0 Å². The molecule has 25 heavy (non-hydrogen) atoms. The minimum absolute atomic E-state index is 0.261. The Hall–Kier alpha value is -2.91. The molecule has 130 valence electrons. The van der Waals surface area contributed by atoms with Crippen LogP contribution in [0, 0.1) is 0 Å². The van der Waals surface area contributed by atoms with Gasteiger partial charge in [-0.15, -0.1) is 18.3 Å². The molecule has 0 amide bonds. The van der Waals surface area contributed by atoms with Gasteiger partial charge in [0, 0.05) is 7.05 Å². The summed E-state index contributed by atoms with van der Waals surface area (Å²) < 4.78 is 48.1. The highest BCUT2D eigenvalue weighted by molar-refractivity contribution is 5.48. The van der Waals surface area contributed by atoms with Crippen molar-refractivity contribution >= 4 is 0 Å². The van der Waals surface area contributed by atoms with Crippen LogP contribution in [0.1, 0.15) is 24.2 Å². The molecule has 0 bridgehead atoms. The lowest BCUT2D eigenvalue weighted by molar-refractivity contribution is -0.274. The third kappa shape index (κ3) is 2.83. The van der Waals surface area contributed by atoms with Gasteiger partial charge < -0.3 is 9.26 Å². The predicted molar refractivity (Wildman–Crippen MR) is 77.4 cm³/mol. The molecule has 3 aromatic rings. The number of alkyl halides is 3. The standard InChI is InChI=1S/C15H12F3N5O2/c1-23-11(8-19-22-23)12-20-13(21-25-12)14(5-6-14)9-3-2-4-10(7-9)24-15(16,17)18/h2-4,7-8H,5-6H2,1H3. The van der Waals surface area contributed by atoms with Gasteiger partial charge in [-0.05, 0) is 30.5 Å². The van der Waals surface area contributed by atoms with Crippen molar-refractivity contribution in [2.75, 3.05) is 0 Å². The van der Waals surface area contributed by atoms with Crippen molar-refractivity contribution in [3.8, 4) is 17.3 Å². The average Bonchev–Trinajstić information content (AvgIpc) is 3.00. The number of rotatable bonds is 4. The SMILES string of the molecule is Cn1nncc1-c1nc(C2(c3cccc(OC(F)(F)F)c3)CC2)no1. The topological polar surface area (TPSA) is 78.9 Å². The zero-order chi connectivity index (χ0) is 17.7. The fourth-order valence-electron chi connectivity index (χ4n) is 2.76. The van der Waals surface area contributed by atoms with Crippen molar-refractivity contribution in [1.29, 1.82) is 0 Å². The van der Waals surface area contributed by atoms with Gasteiger partial charge in [0.1, 0.15) is 11.4 Å². The fraction of sp³-hybridized carbons (Fsp3) is 0.333. The molecule has 0 saturated heterocycles. The molecule has 2 aromatic heterocycles. The molecule has 10 heteroatoms. The van der Waals surface area contributed by atoms with Gasteiger partial charge in [0.15, 0.2) is 5.82 Å². The largest absolute Gasteiger partial charge is 0.573 e. The number of hydrogen-bond donors (Lipinski definition) is 0. The van der Waals surface area contributed by atoms with Crippen molar-refractivity contribution < 1.29 is 22.4 Å². The normalized spacial score (nSPS) is 16.0. The van der Waals surface area contributed by atoms with Crippen LogP contribution in [0.15, 0.2) is 35.0 Å². The van der Waals surface area contributed by atoms with E-state index in [2.05, 4.69) is 25.2 Å². The third-order valence-electron chi connectivity index (χ3n) is 4.16. The highest BCUT2D eigenvalue weighted by Crippen LogP contribution is 2.53. The first kappa shape index (κ1) is 15.6. The van der Waals surface area contributed by atoms with E-state index in [1.807, 2.05) is 0 Å². The maximum Gasteiger partial charge on any atom is 0.573 e. The van der Waals surface area contributed by atoms with Crippen LogP contribution >= 0.6 is 0 Å². The van der Waals surface area contributed by atoms with E-state index >= 15 is 0 Å². The summed E-state index contributed by atoms with van der Waals surface area (Å²) in [5.74, 6) is 0.417. The summed E-state index contributed by atoms with van der Waals surface area (Å²) in [7, 11) is 1.69. The molecule has 4 rings (SSSR count). The Balaban J connectivity index is 1.66. The Morgan fingerprint density at radius 3 is 2.72 bits per heavy atom. The van der Waals surface area contributed by atoms with E-state index in [1.165, 1.54) is 29.1 Å². The first-order valence-electron chi connectivity index (χ1n) is 7.43. The zero-order valence-electron chi connectivity index (χ0n) is 13.0. The van der Waals surface area contributed by atoms with E-state index in [0.29, 0.717) is 29.9 Å². The summed E-state index contributed by atoms with van der Waals surface area (Å²) in [6, 6.07) is 5.87. The molecule has 1 aromatic carbocycles. The minimum Gasteiger partial charge on any atom is -0.406 e. The predicted octanol–water partition coefficient (Wildman–Crippen LogP) is 2.84. The highest BCUT2D eigenvalue weighted by Gasteiger charge is 2.50. The Morgan fingerprint density at radius 1 is 1.28 bits per heavy atom. The van der Waals surface area contributed by atoms with Crippen LogP contribution in [0.5, 0.6) is 5.75 Å². The van der Waals surface area contributed by atoms with Gasteiger partial charge >= 0.3 is 6.36 Å². The van der Waals surface area contributed by atoms with E-state index in [1.54, 1.807) is 13.1 Å². The second-order valence-corrected chi connectivity index (χ2v) is 5.82. The van der Waals surface area contributed by atoms with Crippen molar-refractivity contribution in [3.05, 3.63) is 41.9 Å². The van der Waals surface area contributed by atoms with Gasteiger partial charge in [0.2, 0.25) is 0 Å². The Kier molecular flexibility index (Phi) is 3.31. The number of nitrogens with zero attached hydrogens (tertiary/aromatic N) is 5. The maximum absolute atomic E-state index is 12.4. The van der Waals surface area contributed by atoms with Crippen LogP contribution in [-0.4, -0.2) is 31.5 Å². The quantitative estimate of drug-likeness (QED) is 0.719. The number of ether oxygens (including phenoxy) is 1. The van der Waals surface area contributed by atoms with Crippen LogP contribution in [0.25, 0.3) is 11.6 Å². The molecule has 7 nitrogen and oxygen atoms in total. The summed E-state index contributed by atoms with van der Waals surface area (Å²) >= 11 is 0. The van der Waals surface area contributed by atoms with Gasteiger partial charge in [-0.25, -0.2) is 4.68 Å². The summed E-state index contributed by atoms with van der Waals surface area (Å²) in [6.07, 6.45) is -1.81. The van der Waals surface area contributed by atoms with Crippen LogP contribution in [0.4, 0.5) is 13.2 Å². The number of aryl methyl sites for hydroxylation is 1. The lowest BCUT2D eigenvalue weighted by Gasteiger charge is -2.14. The molecule has 1 saturated carbocycles. The van der Waals surface area contributed by atoms with Gasteiger partial charge in [-0.1, -0.05) is 22.5 Å². The van der Waals surface area contributed by atoms with Crippen LogP contribution in [-0.2, 0) is 12.5 Å².